The lowest BCUT2D eigenvalue weighted by Gasteiger charge is -2.22. The number of aromatic nitrogens is 2. The second kappa shape index (κ2) is 16.1. The summed E-state index contributed by atoms with van der Waals surface area (Å²) in [4.78, 5) is 10.6. The number of benzene rings is 10. The number of hydrogen-bond acceptors (Lipinski definition) is 5. The predicted octanol–water partition coefficient (Wildman–Crippen LogP) is 17.6. The van der Waals surface area contributed by atoms with E-state index in [0.717, 1.165) is 72.6 Å². The van der Waals surface area contributed by atoms with Crippen molar-refractivity contribution in [1.29, 1.82) is 0 Å². The molecule has 13 rings (SSSR count). The number of rotatable bonds is 7. The van der Waals surface area contributed by atoms with Crippen molar-refractivity contribution in [2.45, 2.75) is 0 Å². The molecule has 0 saturated carbocycles. The predicted molar refractivity (Wildman–Crippen MR) is 277 cm³/mol. The third-order valence-electron chi connectivity index (χ3n) is 12.7. The van der Waals surface area contributed by atoms with Crippen molar-refractivity contribution in [2.24, 2.45) is 0 Å². The van der Waals surface area contributed by atoms with E-state index in [2.05, 4.69) is 194 Å². The van der Waals surface area contributed by atoms with Gasteiger partial charge < -0.3 is 9.47 Å². The summed E-state index contributed by atoms with van der Waals surface area (Å²) in [6, 6.07) is 81.1. The Kier molecular flexibility index (Phi) is 9.32. The van der Waals surface area contributed by atoms with Crippen molar-refractivity contribution in [3.8, 4) is 101 Å². The van der Waals surface area contributed by atoms with Crippen molar-refractivity contribution in [1.82, 2.24) is 9.97 Å². The molecule has 4 nitrogen and oxygen atoms in total. The van der Waals surface area contributed by atoms with Crippen LogP contribution in [-0.2, 0) is 0 Å². The first-order valence-electron chi connectivity index (χ1n) is 22.4. The third kappa shape index (κ3) is 7.01. The average molecular weight is 875 g/mol. The Morgan fingerprint density at radius 2 is 0.896 bits per heavy atom. The molecule has 0 spiro atoms. The molecule has 0 amide bonds. The fourth-order valence-electron chi connectivity index (χ4n) is 9.48. The first-order valence-corrected chi connectivity index (χ1v) is 23.3. The topological polar surface area (TPSA) is 44.2 Å². The van der Waals surface area contributed by atoms with Crippen LogP contribution in [0.3, 0.4) is 0 Å². The van der Waals surface area contributed by atoms with Crippen molar-refractivity contribution in [3.05, 3.63) is 231 Å². The Bertz CT molecular complexity index is 3860. The van der Waals surface area contributed by atoms with E-state index in [0.29, 0.717) is 28.8 Å². The summed E-state index contributed by atoms with van der Waals surface area (Å²) < 4.78 is 15.2. The minimum atomic E-state index is 0.682. The fourth-order valence-corrected chi connectivity index (χ4v) is 10.8. The standard InChI is InChI=1S/C62H38N2O2S/c1-4-15-39(16-5-1)51-34-47(43-29-32-57-58(36-43)66-56-26-13-12-25-55(56)65-57)35-52(60(51)42-20-8-3-9-21-42)44-22-14-23-45(33-44)54-38-53(41-18-6-2-7-19-41)63-62(64-54)46-28-30-49-50-31-27-40-17-10-11-24-48(40)61(50)67-59(49)37-46/h1-38H. The van der Waals surface area contributed by atoms with Crippen molar-refractivity contribution < 1.29 is 9.47 Å². The summed E-state index contributed by atoms with van der Waals surface area (Å²) in [5.41, 5.74) is 13.5. The molecule has 0 atom stereocenters. The molecule has 0 bridgehead atoms. The van der Waals surface area contributed by atoms with E-state index in [1.165, 1.54) is 30.9 Å². The summed E-state index contributed by atoms with van der Waals surface area (Å²) in [5.74, 6) is 3.47. The van der Waals surface area contributed by atoms with Gasteiger partial charge in [0.25, 0.3) is 0 Å². The van der Waals surface area contributed by atoms with Crippen molar-refractivity contribution >= 4 is 42.3 Å². The van der Waals surface area contributed by atoms with Crippen LogP contribution in [-0.4, -0.2) is 9.97 Å². The van der Waals surface area contributed by atoms with Gasteiger partial charge in [-0.15, -0.1) is 11.3 Å². The lowest BCUT2D eigenvalue weighted by molar-refractivity contribution is 0.360. The number of hydrogen-bond donors (Lipinski definition) is 0. The van der Waals surface area contributed by atoms with Gasteiger partial charge in [-0.1, -0.05) is 176 Å². The van der Waals surface area contributed by atoms with Gasteiger partial charge in [0.15, 0.2) is 28.8 Å². The zero-order chi connectivity index (χ0) is 44.3. The Morgan fingerprint density at radius 3 is 1.67 bits per heavy atom. The van der Waals surface area contributed by atoms with Crippen LogP contribution in [0.1, 0.15) is 0 Å². The second-order valence-corrected chi connectivity index (χ2v) is 17.9. The van der Waals surface area contributed by atoms with E-state index in [1.807, 2.05) is 47.7 Å². The molecule has 3 heterocycles. The number of fused-ring (bicyclic) bond motifs is 7. The van der Waals surface area contributed by atoms with Crippen LogP contribution in [0.5, 0.6) is 23.0 Å². The summed E-state index contributed by atoms with van der Waals surface area (Å²) in [7, 11) is 0. The molecule has 2 aromatic heterocycles. The molecule has 1 aliphatic rings. The lowest BCUT2D eigenvalue weighted by Crippen LogP contribution is -1.99. The number of nitrogens with zero attached hydrogens (tertiary/aromatic N) is 2. The highest BCUT2D eigenvalue weighted by Crippen LogP contribution is 2.49. The van der Waals surface area contributed by atoms with Crippen molar-refractivity contribution in [2.75, 3.05) is 0 Å². The van der Waals surface area contributed by atoms with Gasteiger partial charge in [-0.05, 0) is 110 Å². The molecule has 10 aromatic carbocycles. The van der Waals surface area contributed by atoms with E-state index < -0.39 is 0 Å². The zero-order valence-corrected chi connectivity index (χ0v) is 36.9. The molecule has 314 valence electrons. The first-order chi connectivity index (χ1) is 33.2. The van der Waals surface area contributed by atoms with E-state index >= 15 is 0 Å². The van der Waals surface area contributed by atoms with Gasteiger partial charge in [-0.2, -0.15) is 0 Å². The molecular weight excluding hydrogens is 837 g/mol. The molecule has 0 radical (unpaired) electrons. The van der Waals surface area contributed by atoms with Crippen LogP contribution < -0.4 is 9.47 Å². The molecule has 67 heavy (non-hydrogen) atoms. The summed E-state index contributed by atoms with van der Waals surface area (Å²) in [5, 5.41) is 5.05. The Morgan fingerprint density at radius 1 is 0.313 bits per heavy atom. The molecule has 0 saturated heterocycles. The van der Waals surface area contributed by atoms with Gasteiger partial charge in [0, 0.05) is 36.9 Å². The highest BCUT2D eigenvalue weighted by molar-refractivity contribution is 7.26. The van der Waals surface area contributed by atoms with Crippen LogP contribution in [0.15, 0.2) is 231 Å². The molecule has 0 unspecified atom stereocenters. The van der Waals surface area contributed by atoms with Crippen molar-refractivity contribution in [3.63, 3.8) is 0 Å². The Labute approximate surface area is 391 Å². The number of para-hydroxylation sites is 2. The third-order valence-corrected chi connectivity index (χ3v) is 13.9. The Balaban J connectivity index is 0.983. The molecule has 1 aliphatic heterocycles. The SMILES string of the molecule is c1ccc(-c2cc(-c3cccc(-c4cc(-c5ccc6c(c5)Oc5ccccc5O6)cc(-c5ccccc5)c4-c4ccccc4)c3)nc(-c3ccc4c(c3)sc3c5ccccc5ccc43)n2)cc1. The van der Waals surface area contributed by atoms with Gasteiger partial charge in [0.2, 0.25) is 0 Å². The van der Waals surface area contributed by atoms with E-state index in [4.69, 9.17) is 19.4 Å². The monoisotopic (exact) mass is 874 g/mol. The minimum Gasteiger partial charge on any atom is -0.450 e. The van der Waals surface area contributed by atoms with Crippen LogP contribution >= 0.6 is 11.3 Å². The molecule has 0 N–H and O–H groups in total. The maximum atomic E-state index is 6.42. The van der Waals surface area contributed by atoms with Crippen LogP contribution in [0.4, 0.5) is 0 Å². The molecule has 0 aliphatic carbocycles. The molecular formula is C62H38N2O2S. The first kappa shape index (κ1) is 38.8. The zero-order valence-electron chi connectivity index (χ0n) is 36.1. The fraction of sp³-hybridized carbons (Fsp3) is 0. The van der Waals surface area contributed by atoms with Crippen LogP contribution in [0.25, 0.3) is 109 Å². The largest absolute Gasteiger partial charge is 0.450 e. The number of thiophene rings is 1. The summed E-state index contributed by atoms with van der Waals surface area (Å²) >= 11 is 1.83. The highest BCUT2D eigenvalue weighted by Gasteiger charge is 2.22. The maximum Gasteiger partial charge on any atom is 0.170 e. The maximum absolute atomic E-state index is 6.42. The van der Waals surface area contributed by atoms with E-state index in [9.17, 15) is 0 Å². The van der Waals surface area contributed by atoms with Gasteiger partial charge in [0.1, 0.15) is 0 Å². The van der Waals surface area contributed by atoms with Gasteiger partial charge in [-0.3, -0.25) is 0 Å². The molecule has 12 aromatic rings. The normalized spacial score (nSPS) is 11.8. The smallest absolute Gasteiger partial charge is 0.170 e. The highest BCUT2D eigenvalue weighted by atomic mass is 32.1. The van der Waals surface area contributed by atoms with E-state index in [-0.39, 0.29) is 0 Å². The van der Waals surface area contributed by atoms with Gasteiger partial charge in [-0.25, -0.2) is 9.97 Å². The van der Waals surface area contributed by atoms with Crippen LogP contribution in [0, 0.1) is 0 Å². The van der Waals surface area contributed by atoms with Gasteiger partial charge >= 0.3 is 0 Å². The second-order valence-electron chi connectivity index (χ2n) is 16.9. The van der Waals surface area contributed by atoms with Gasteiger partial charge in [0.05, 0.1) is 11.4 Å². The minimum absolute atomic E-state index is 0.682. The summed E-state index contributed by atoms with van der Waals surface area (Å²) in [6.07, 6.45) is 0. The summed E-state index contributed by atoms with van der Waals surface area (Å²) in [6.45, 7) is 0. The lowest BCUT2D eigenvalue weighted by atomic mass is 9.84. The number of ether oxygens (including phenoxy) is 2. The Hall–Kier alpha value is -8.64. The quantitative estimate of drug-likeness (QED) is 0.160. The average Bonchev–Trinajstić information content (AvgIpc) is 3.79. The molecule has 0 fully saturated rings. The van der Waals surface area contributed by atoms with Crippen LogP contribution in [0.2, 0.25) is 0 Å². The van der Waals surface area contributed by atoms with E-state index in [1.54, 1.807) is 0 Å². The molecule has 5 heteroatoms.